The van der Waals surface area contributed by atoms with Crippen LogP contribution in [0.25, 0.3) is 22.3 Å². The van der Waals surface area contributed by atoms with E-state index < -0.39 is 0 Å². The van der Waals surface area contributed by atoms with Gasteiger partial charge in [0.2, 0.25) is 0 Å². The number of rotatable bonds is 2. The van der Waals surface area contributed by atoms with Crippen LogP contribution in [-0.2, 0) is 0 Å². The maximum Gasteiger partial charge on any atom is 0.276 e. The standard InChI is InChI=1S/C12H10N4O2/c1-18-8-4-2-7(3-5-8)9-10-11(16-15-9)12(17)14-6-13-10/h2-6H,1H3,(H,15,16)(H,13,14,17). The Bertz CT molecular complexity index is 743. The second-order valence-electron chi connectivity index (χ2n) is 3.76. The molecule has 0 atom stereocenters. The highest BCUT2D eigenvalue weighted by molar-refractivity contribution is 5.88. The molecule has 0 aliphatic heterocycles. The monoisotopic (exact) mass is 242 g/mol. The maximum absolute atomic E-state index is 11.5. The largest absolute Gasteiger partial charge is 0.497 e. The molecule has 18 heavy (non-hydrogen) atoms. The van der Waals surface area contributed by atoms with Crippen molar-refractivity contribution in [2.24, 2.45) is 0 Å². The average molecular weight is 242 g/mol. The molecule has 0 spiro atoms. The minimum Gasteiger partial charge on any atom is -0.497 e. The van der Waals surface area contributed by atoms with Gasteiger partial charge in [0.15, 0.2) is 0 Å². The molecule has 0 aliphatic carbocycles. The van der Waals surface area contributed by atoms with Crippen molar-refractivity contribution in [3.8, 4) is 17.0 Å². The Labute approximate surface area is 102 Å². The highest BCUT2D eigenvalue weighted by Crippen LogP contribution is 2.24. The van der Waals surface area contributed by atoms with Gasteiger partial charge >= 0.3 is 0 Å². The number of aromatic amines is 2. The van der Waals surface area contributed by atoms with E-state index in [4.69, 9.17) is 4.74 Å². The van der Waals surface area contributed by atoms with E-state index in [1.165, 1.54) is 6.33 Å². The Morgan fingerprint density at radius 2 is 2.00 bits per heavy atom. The van der Waals surface area contributed by atoms with E-state index in [1.807, 2.05) is 24.3 Å². The van der Waals surface area contributed by atoms with Gasteiger partial charge in [-0.15, -0.1) is 0 Å². The summed E-state index contributed by atoms with van der Waals surface area (Å²) in [4.78, 5) is 18.2. The Kier molecular flexibility index (Phi) is 2.33. The van der Waals surface area contributed by atoms with Crippen LogP contribution in [0.5, 0.6) is 5.75 Å². The Hall–Kier alpha value is -2.63. The molecule has 0 radical (unpaired) electrons. The van der Waals surface area contributed by atoms with Crippen LogP contribution < -0.4 is 10.3 Å². The first-order valence-corrected chi connectivity index (χ1v) is 5.36. The lowest BCUT2D eigenvalue weighted by atomic mass is 10.1. The third-order valence-electron chi connectivity index (χ3n) is 2.72. The van der Waals surface area contributed by atoms with E-state index in [0.717, 1.165) is 11.3 Å². The topological polar surface area (TPSA) is 83.7 Å². The quantitative estimate of drug-likeness (QED) is 0.709. The van der Waals surface area contributed by atoms with Gasteiger partial charge in [-0.3, -0.25) is 9.89 Å². The molecular weight excluding hydrogens is 232 g/mol. The number of hydrogen-bond donors (Lipinski definition) is 2. The molecule has 2 N–H and O–H groups in total. The fourth-order valence-corrected chi connectivity index (χ4v) is 1.80. The number of aromatic nitrogens is 4. The van der Waals surface area contributed by atoms with Crippen molar-refractivity contribution in [1.29, 1.82) is 0 Å². The molecule has 0 saturated heterocycles. The van der Waals surface area contributed by atoms with Crippen LogP contribution in [0.2, 0.25) is 0 Å². The number of benzene rings is 1. The van der Waals surface area contributed by atoms with Crippen LogP contribution >= 0.6 is 0 Å². The van der Waals surface area contributed by atoms with E-state index in [9.17, 15) is 4.79 Å². The van der Waals surface area contributed by atoms with Gasteiger partial charge in [-0.05, 0) is 24.3 Å². The van der Waals surface area contributed by atoms with Gasteiger partial charge in [0.1, 0.15) is 22.5 Å². The summed E-state index contributed by atoms with van der Waals surface area (Å²) in [6, 6.07) is 7.42. The van der Waals surface area contributed by atoms with Crippen molar-refractivity contribution in [3.63, 3.8) is 0 Å². The number of nitrogens with one attached hydrogen (secondary N) is 2. The van der Waals surface area contributed by atoms with Crippen LogP contribution in [-0.4, -0.2) is 27.3 Å². The zero-order valence-corrected chi connectivity index (χ0v) is 9.60. The third kappa shape index (κ3) is 1.55. The van der Waals surface area contributed by atoms with Crippen LogP contribution in [0.1, 0.15) is 0 Å². The number of fused-ring (bicyclic) bond motifs is 1. The van der Waals surface area contributed by atoms with Crippen molar-refractivity contribution in [2.45, 2.75) is 0 Å². The molecule has 0 fully saturated rings. The lowest BCUT2D eigenvalue weighted by Gasteiger charge is -2.00. The zero-order valence-electron chi connectivity index (χ0n) is 9.60. The molecule has 0 amide bonds. The van der Waals surface area contributed by atoms with Crippen LogP contribution in [0, 0.1) is 0 Å². The lowest BCUT2D eigenvalue weighted by Crippen LogP contribution is -2.05. The van der Waals surface area contributed by atoms with Gasteiger partial charge in [-0.25, -0.2) is 4.98 Å². The molecule has 1 aromatic carbocycles. The van der Waals surface area contributed by atoms with E-state index in [-0.39, 0.29) is 5.56 Å². The highest BCUT2D eigenvalue weighted by atomic mass is 16.5. The van der Waals surface area contributed by atoms with E-state index >= 15 is 0 Å². The van der Waals surface area contributed by atoms with Crippen LogP contribution in [0.3, 0.4) is 0 Å². The van der Waals surface area contributed by atoms with Gasteiger partial charge < -0.3 is 9.72 Å². The Morgan fingerprint density at radius 3 is 2.72 bits per heavy atom. The summed E-state index contributed by atoms with van der Waals surface area (Å²) in [6.45, 7) is 0. The van der Waals surface area contributed by atoms with Crippen molar-refractivity contribution in [3.05, 3.63) is 40.9 Å². The molecule has 6 nitrogen and oxygen atoms in total. The molecule has 0 unspecified atom stereocenters. The van der Waals surface area contributed by atoms with Crippen molar-refractivity contribution >= 4 is 11.0 Å². The summed E-state index contributed by atoms with van der Waals surface area (Å²) in [7, 11) is 1.61. The number of methoxy groups -OCH3 is 1. The number of hydrogen-bond acceptors (Lipinski definition) is 4. The van der Waals surface area contributed by atoms with E-state index in [0.29, 0.717) is 16.7 Å². The molecule has 90 valence electrons. The fourth-order valence-electron chi connectivity index (χ4n) is 1.80. The Morgan fingerprint density at radius 1 is 1.22 bits per heavy atom. The summed E-state index contributed by atoms with van der Waals surface area (Å²) in [5.74, 6) is 0.768. The van der Waals surface area contributed by atoms with Crippen molar-refractivity contribution < 1.29 is 4.74 Å². The van der Waals surface area contributed by atoms with Crippen LogP contribution in [0.4, 0.5) is 0 Å². The average Bonchev–Trinajstić information content (AvgIpc) is 2.84. The smallest absolute Gasteiger partial charge is 0.276 e. The minimum absolute atomic E-state index is 0.229. The first-order chi connectivity index (χ1) is 8.79. The normalized spacial score (nSPS) is 10.7. The number of H-pyrrole nitrogens is 2. The molecular formula is C12H10N4O2. The van der Waals surface area contributed by atoms with Gasteiger partial charge in [0.25, 0.3) is 5.56 Å². The number of nitrogens with zero attached hydrogens (tertiary/aromatic N) is 2. The van der Waals surface area contributed by atoms with Gasteiger partial charge in [0, 0.05) is 5.56 Å². The SMILES string of the molecule is COc1ccc(-c2n[nH]c3c(=O)[nH]cnc23)cc1. The fraction of sp³-hybridized carbons (Fsp3) is 0.0833. The molecule has 0 saturated carbocycles. The molecule has 3 rings (SSSR count). The predicted octanol–water partition coefficient (Wildman–Crippen LogP) is 1.32. The van der Waals surface area contributed by atoms with E-state index in [1.54, 1.807) is 7.11 Å². The van der Waals surface area contributed by atoms with Gasteiger partial charge in [0.05, 0.1) is 13.4 Å². The number of ether oxygens (including phenoxy) is 1. The van der Waals surface area contributed by atoms with Gasteiger partial charge in [-0.2, -0.15) is 5.10 Å². The summed E-state index contributed by atoms with van der Waals surface area (Å²) < 4.78 is 5.09. The maximum atomic E-state index is 11.5. The zero-order chi connectivity index (χ0) is 12.5. The summed E-state index contributed by atoms with van der Waals surface area (Å²) in [6.07, 6.45) is 1.37. The molecule has 6 heteroatoms. The summed E-state index contributed by atoms with van der Waals surface area (Å²) in [5, 5.41) is 6.83. The lowest BCUT2D eigenvalue weighted by molar-refractivity contribution is 0.415. The minimum atomic E-state index is -0.229. The van der Waals surface area contributed by atoms with Crippen molar-refractivity contribution in [1.82, 2.24) is 20.2 Å². The van der Waals surface area contributed by atoms with E-state index in [2.05, 4.69) is 20.2 Å². The predicted molar refractivity (Wildman–Crippen MR) is 66.5 cm³/mol. The second-order valence-corrected chi connectivity index (χ2v) is 3.76. The summed E-state index contributed by atoms with van der Waals surface area (Å²) in [5.41, 5.74) is 2.23. The third-order valence-corrected chi connectivity index (χ3v) is 2.72. The molecule has 3 aromatic rings. The Balaban J connectivity index is 2.19. The summed E-state index contributed by atoms with van der Waals surface area (Å²) >= 11 is 0. The van der Waals surface area contributed by atoms with Crippen molar-refractivity contribution in [2.75, 3.05) is 7.11 Å². The van der Waals surface area contributed by atoms with Crippen LogP contribution in [0.15, 0.2) is 35.4 Å². The molecule has 2 heterocycles. The first-order valence-electron chi connectivity index (χ1n) is 5.36. The highest BCUT2D eigenvalue weighted by Gasteiger charge is 2.11. The molecule has 0 bridgehead atoms. The second kappa shape index (κ2) is 3.99. The first kappa shape index (κ1) is 10.5. The molecule has 2 aromatic heterocycles. The molecule has 0 aliphatic rings. The van der Waals surface area contributed by atoms with Gasteiger partial charge in [-0.1, -0.05) is 0 Å².